The highest BCUT2D eigenvalue weighted by atomic mass is 16.3. The van der Waals surface area contributed by atoms with Gasteiger partial charge in [0.15, 0.2) is 17.5 Å². The van der Waals surface area contributed by atoms with Gasteiger partial charge in [0.1, 0.15) is 11.2 Å². The maximum Gasteiger partial charge on any atom is 0.164 e. The van der Waals surface area contributed by atoms with E-state index in [1.54, 1.807) is 0 Å². The SMILES string of the molecule is c1ccc(-c2nc(-c3ccccc3)nc(-c3ccc4oc5ccc(-n6c7ccccc7c7c8c(ccc76)C6(c7ccccc7-c7ccccc76)c6ccccc6-8)cc5c4c3)n2)cc1. The van der Waals surface area contributed by atoms with Crippen molar-refractivity contribution in [1.29, 1.82) is 0 Å². The monoisotopic (exact) mass is 802 g/mol. The highest BCUT2D eigenvalue weighted by Gasteiger charge is 2.52. The Balaban J connectivity index is 0.982. The number of furan rings is 1. The first kappa shape index (κ1) is 34.3. The van der Waals surface area contributed by atoms with Gasteiger partial charge in [-0.25, -0.2) is 15.0 Å². The second-order valence-electron chi connectivity index (χ2n) is 16.7. The van der Waals surface area contributed by atoms with Crippen molar-refractivity contribution in [3.05, 3.63) is 229 Å². The van der Waals surface area contributed by atoms with Crippen LogP contribution in [0.4, 0.5) is 0 Å². The van der Waals surface area contributed by atoms with Crippen molar-refractivity contribution in [3.8, 4) is 62.1 Å². The van der Waals surface area contributed by atoms with Crippen molar-refractivity contribution < 1.29 is 4.42 Å². The van der Waals surface area contributed by atoms with Crippen LogP contribution in [0.2, 0.25) is 0 Å². The zero-order valence-corrected chi connectivity index (χ0v) is 33.8. The van der Waals surface area contributed by atoms with E-state index in [1.165, 1.54) is 60.8 Å². The Morgan fingerprint density at radius 1 is 0.365 bits per heavy atom. The molecule has 12 aromatic rings. The molecule has 63 heavy (non-hydrogen) atoms. The highest BCUT2D eigenvalue weighted by Crippen LogP contribution is 2.64. The minimum Gasteiger partial charge on any atom is -0.456 e. The molecule has 2 aliphatic carbocycles. The maximum absolute atomic E-state index is 6.52. The Labute approximate surface area is 362 Å². The fraction of sp³-hybridized carbons (Fsp3) is 0.0172. The molecule has 5 nitrogen and oxygen atoms in total. The number of aromatic nitrogens is 4. The molecular weight excluding hydrogens is 769 g/mol. The normalized spacial score (nSPS) is 13.2. The molecule has 9 aromatic carbocycles. The summed E-state index contributed by atoms with van der Waals surface area (Å²) in [5.74, 6) is 1.87. The van der Waals surface area contributed by atoms with Crippen molar-refractivity contribution in [2.45, 2.75) is 5.41 Å². The predicted molar refractivity (Wildman–Crippen MR) is 254 cm³/mol. The van der Waals surface area contributed by atoms with E-state index in [2.05, 4.69) is 138 Å². The van der Waals surface area contributed by atoms with Crippen LogP contribution in [0.1, 0.15) is 22.3 Å². The Kier molecular flexibility index (Phi) is 6.97. The zero-order chi connectivity index (χ0) is 41.2. The molecule has 3 heterocycles. The van der Waals surface area contributed by atoms with E-state index in [1.807, 2.05) is 72.8 Å². The van der Waals surface area contributed by atoms with Gasteiger partial charge in [0.25, 0.3) is 0 Å². The van der Waals surface area contributed by atoms with Gasteiger partial charge in [-0.05, 0) is 93.0 Å². The molecule has 3 aromatic heterocycles. The van der Waals surface area contributed by atoms with Gasteiger partial charge >= 0.3 is 0 Å². The quantitative estimate of drug-likeness (QED) is 0.178. The molecule has 0 amide bonds. The summed E-state index contributed by atoms with van der Waals surface area (Å²) in [4.78, 5) is 15.0. The zero-order valence-electron chi connectivity index (χ0n) is 33.8. The minimum absolute atomic E-state index is 0.412. The summed E-state index contributed by atoms with van der Waals surface area (Å²) >= 11 is 0. The molecule has 0 saturated heterocycles. The molecular formula is C58H34N4O. The van der Waals surface area contributed by atoms with Gasteiger partial charge in [0.05, 0.1) is 16.4 Å². The first-order valence-electron chi connectivity index (χ1n) is 21.4. The summed E-state index contributed by atoms with van der Waals surface area (Å²) in [5, 5.41) is 4.53. The van der Waals surface area contributed by atoms with Gasteiger partial charge in [-0.15, -0.1) is 0 Å². The Morgan fingerprint density at radius 2 is 0.889 bits per heavy atom. The summed E-state index contributed by atoms with van der Waals surface area (Å²) in [7, 11) is 0. The number of fused-ring (bicyclic) bond motifs is 17. The highest BCUT2D eigenvalue weighted by molar-refractivity contribution is 6.19. The number of para-hydroxylation sites is 1. The number of rotatable bonds is 4. The standard InChI is InChI=1S/C58H34N4O/c1-3-15-35(16-4-1)55-59-56(36-17-5-2-6-18-36)61-57(60-55)37-27-31-51-43(33-37)44-34-38(28-32-52(44)63-51)62-49-26-14-10-22-42(49)54-50(62)30-29-48-53(54)41-21-9-13-25-47(41)58(48)45-23-11-7-19-39(45)40-20-8-12-24-46(40)58/h1-34H. The van der Waals surface area contributed by atoms with Crippen molar-refractivity contribution in [2.24, 2.45) is 0 Å². The van der Waals surface area contributed by atoms with Crippen LogP contribution in [0.25, 0.3) is 106 Å². The molecule has 0 aliphatic heterocycles. The van der Waals surface area contributed by atoms with Crippen LogP contribution in [0, 0.1) is 0 Å². The first-order chi connectivity index (χ1) is 31.2. The molecule has 0 radical (unpaired) electrons. The molecule has 14 rings (SSSR count). The lowest BCUT2D eigenvalue weighted by atomic mass is 9.70. The van der Waals surface area contributed by atoms with E-state index >= 15 is 0 Å². The lowest BCUT2D eigenvalue weighted by Crippen LogP contribution is -2.25. The lowest BCUT2D eigenvalue weighted by Gasteiger charge is -2.30. The number of nitrogens with zero attached hydrogens (tertiary/aromatic N) is 4. The largest absolute Gasteiger partial charge is 0.456 e. The minimum atomic E-state index is -0.412. The molecule has 0 atom stereocenters. The third-order valence-electron chi connectivity index (χ3n) is 13.5. The van der Waals surface area contributed by atoms with E-state index < -0.39 is 5.41 Å². The second kappa shape index (κ2) is 12.8. The van der Waals surface area contributed by atoms with Gasteiger partial charge in [-0.3, -0.25) is 0 Å². The van der Waals surface area contributed by atoms with Crippen LogP contribution in [0.5, 0.6) is 0 Å². The van der Waals surface area contributed by atoms with Crippen LogP contribution in [-0.4, -0.2) is 19.5 Å². The average molecular weight is 803 g/mol. The summed E-state index contributed by atoms with van der Waals surface area (Å²) in [6, 6.07) is 73.7. The third kappa shape index (κ3) is 4.68. The number of benzene rings is 9. The molecule has 2 aliphatic rings. The fourth-order valence-electron chi connectivity index (χ4n) is 10.9. The van der Waals surface area contributed by atoms with E-state index in [0.29, 0.717) is 17.5 Å². The molecule has 292 valence electrons. The van der Waals surface area contributed by atoms with Crippen molar-refractivity contribution >= 4 is 43.7 Å². The maximum atomic E-state index is 6.52. The summed E-state index contributed by atoms with van der Waals surface area (Å²) in [6.45, 7) is 0. The van der Waals surface area contributed by atoms with Crippen molar-refractivity contribution in [2.75, 3.05) is 0 Å². The van der Waals surface area contributed by atoms with Crippen molar-refractivity contribution in [3.63, 3.8) is 0 Å². The lowest BCUT2D eigenvalue weighted by molar-refractivity contribution is 0.669. The van der Waals surface area contributed by atoms with E-state index in [4.69, 9.17) is 19.4 Å². The smallest absolute Gasteiger partial charge is 0.164 e. The second-order valence-corrected chi connectivity index (χ2v) is 16.7. The van der Waals surface area contributed by atoms with Gasteiger partial charge in [0, 0.05) is 43.9 Å². The van der Waals surface area contributed by atoms with Gasteiger partial charge in [0.2, 0.25) is 0 Å². The topological polar surface area (TPSA) is 56.7 Å². The van der Waals surface area contributed by atoms with Crippen molar-refractivity contribution in [1.82, 2.24) is 19.5 Å². The molecule has 1 spiro atoms. The summed E-state index contributed by atoms with van der Waals surface area (Å²) < 4.78 is 8.96. The summed E-state index contributed by atoms with van der Waals surface area (Å²) in [6.07, 6.45) is 0. The molecule has 0 N–H and O–H groups in total. The predicted octanol–water partition coefficient (Wildman–Crippen LogP) is 14.2. The first-order valence-corrected chi connectivity index (χ1v) is 21.4. The average Bonchev–Trinajstić information content (AvgIpc) is 4.07. The van der Waals surface area contributed by atoms with Gasteiger partial charge in [-0.1, -0.05) is 158 Å². The molecule has 0 bridgehead atoms. The number of hydrogen-bond donors (Lipinski definition) is 0. The Hall–Kier alpha value is -8.41. The molecule has 0 fully saturated rings. The van der Waals surface area contributed by atoms with Crippen LogP contribution >= 0.6 is 0 Å². The van der Waals surface area contributed by atoms with Crippen LogP contribution in [-0.2, 0) is 5.41 Å². The Bertz CT molecular complexity index is 3760. The molecule has 5 heteroatoms. The van der Waals surface area contributed by atoms with E-state index in [-0.39, 0.29) is 0 Å². The summed E-state index contributed by atoms with van der Waals surface area (Å²) in [5.41, 5.74) is 18.0. The van der Waals surface area contributed by atoms with E-state index in [0.717, 1.165) is 49.8 Å². The van der Waals surface area contributed by atoms with E-state index in [9.17, 15) is 0 Å². The molecule has 0 unspecified atom stereocenters. The van der Waals surface area contributed by atoms with Crippen LogP contribution in [0.3, 0.4) is 0 Å². The van der Waals surface area contributed by atoms with Gasteiger partial charge < -0.3 is 8.98 Å². The Morgan fingerprint density at radius 3 is 1.56 bits per heavy atom. The third-order valence-corrected chi connectivity index (χ3v) is 13.5. The fourth-order valence-corrected chi connectivity index (χ4v) is 10.9. The number of hydrogen-bond acceptors (Lipinski definition) is 4. The van der Waals surface area contributed by atoms with Gasteiger partial charge in [-0.2, -0.15) is 0 Å². The van der Waals surface area contributed by atoms with Crippen LogP contribution < -0.4 is 0 Å². The van der Waals surface area contributed by atoms with Crippen LogP contribution in [0.15, 0.2) is 211 Å². The molecule has 0 saturated carbocycles.